The Hall–Kier alpha value is -2.57. The SMILES string of the molecule is CC(=O)c1c(C)c2cnc(/N=C/N(C)C)nc2n(C2CCCC2)c1=O. The van der Waals surface area contributed by atoms with Gasteiger partial charge in [-0.1, -0.05) is 12.8 Å². The van der Waals surface area contributed by atoms with Crippen LogP contribution in [0.5, 0.6) is 0 Å². The Morgan fingerprint density at radius 1 is 1.36 bits per heavy atom. The molecule has 2 aromatic heterocycles. The molecular weight excluding hydrogens is 318 g/mol. The zero-order chi connectivity index (χ0) is 18.1. The van der Waals surface area contributed by atoms with Gasteiger partial charge >= 0.3 is 0 Å². The standard InChI is InChI=1S/C18H23N5O2/c1-11-14-9-19-18(20-10-22(3)4)21-16(14)23(13-7-5-6-8-13)17(25)15(11)12(2)24/h9-10,13H,5-8H2,1-4H3/b20-10+. The van der Waals surface area contributed by atoms with Crippen LogP contribution in [0.3, 0.4) is 0 Å². The fraction of sp³-hybridized carbons (Fsp3) is 0.500. The van der Waals surface area contributed by atoms with E-state index >= 15 is 0 Å². The molecule has 25 heavy (non-hydrogen) atoms. The zero-order valence-corrected chi connectivity index (χ0v) is 15.1. The molecule has 0 amide bonds. The average molecular weight is 341 g/mol. The van der Waals surface area contributed by atoms with Gasteiger partial charge in [0.05, 0.1) is 11.9 Å². The van der Waals surface area contributed by atoms with Crippen LogP contribution in [0.1, 0.15) is 54.6 Å². The molecule has 0 aliphatic heterocycles. The highest BCUT2D eigenvalue weighted by molar-refractivity contribution is 5.99. The van der Waals surface area contributed by atoms with Gasteiger partial charge < -0.3 is 4.90 Å². The lowest BCUT2D eigenvalue weighted by Crippen LogP contribution is -2.30. The molecule has 7 heteroatoms. The van der Waals surface area contributed by atoms with Gasteiger partial charge in [0, 0.05) is 31.7 Å². The molecule has 2 heterocycles. The lowest BCUT2D eigenvalue weighted by Gasteiger charge is -2.19. The molecular formula is C18H23N5O2. The van der Waals surface area contributed by atoms with Gasteiger partial charge in [-0.25, -0.2) is 9.98 Å². The normalized spacial score (nSPS) is 15.4. The maximum atomic E-state index is 13.0. The fourth-order valence-electron chi connectivity index (χ4n) is 3.47. The van der Waals surface area contributed by atoms with Gasteiger partial charge in [0.25, 0.3) is 11.5 Å². The number of hydrogen-bond acceptors (Lipinski definition) is 5. The van der Waals surface area contributed by atoms with Gasteiger partial charge in [-0.3, -0.25) is 14.2 Å². The van der Waals surface area contributed by atoms with Gasteiger partial charge in [0.1, 0.15) is 5.65 Å². The van der Waals surface area contributed by atoms with Crippen LogP contribution in [0.2, 0.25) is 0 Å². The van der Waals surface area contributed by atoms with Crippen molar-refractivity contribution in [2.24, 2.45) is 4.99 Å². The molecule has 0 N–H and O–H groups in total. The van der Waals surface area contributed by atoms with Crippen molar-refractivity contribution in [2.45, 2.75) is 45.6 Å². The van der Waals surface area contributed by atoms with Crippen LogP contribution in [0, 0.1) is 6.92 Å². The molecule has 3 rings (SSSR count). The summed E-state index contributed by atoms with van der Waals surface area (Å²) in [7, 11) is 3.73. The number of rotatable bonds is 4. The maximum Gasteiger partial charge on any atom is 0.263 e. The quantitative estimate of drug-likeness (QED) is 0.485. The first-order valence-electron chi connectivity index (χ1n) is 8.53. The molecule has 0 atom stereocenters. The molecule has 0 aromatic carbocycles. The highest BCUT2D eigenvalue weighted by atomic mass is 16.1. The summed E-state index contributed by atoms with van der Waals surface area (Å²) in [4.78, 5) is 39.9. The highest BCUT2D eigenvalue weighted by Gasteiger charge is 2.25. The molecule has 7 nitrogen and oxygen atoms in total. The second-order valence-electron chi connectivity index (χ2n) is 6.79. The van der Waals surface area contributed by atoms with E-state index in [-0.39, 0.29) is 22.9 Å². The molecule has 0 spiro atoms. The Morgan fingerprint density at radius 3 is 2.64 bits per heavy atom. The third-order valence-electron chi connectivity index (χ3n) is 4.64. The first kappa shape index (κ1) is 17.3. The number of hydrogen-bond donors (Lipinski definition) is 0. The summed E-state index contributed by atoms with van der Waals surface area (Å²) in [5, 5.41) is 0.737. The van der Waals surface area contributed by atoms with Crippen molar-refractivity contribution in [1.29, 1.82) is 0 Å². The molecule has 0 radical (unpaired) electrons. The average Bonchev–Trinajstić information content (AvgIpc) is 3.06. The van der Waals surface area contributed by atoms with E-state index in [9.17, 15) is 9.59 Å². The molecule has 0 saturated heterocycles. The van der Waals surface area contributed by atoms with E-state index in [1.165, 1.54) is 6.92 Å². The van der Waals surface area contributed by atoms with Crippen molar-refractivity contribution in [2.75, 3.05) is 14.1 Å². The number of fused-ring (bicyclic) bond motifs is 1. The van der Waals surface area contributed by atoms with E-state index in [0.717, 1.165) is 31.1 Å². The van der Waals surface area contributed by atoms with Gasteiger partial charge in [-0.2, -0.15) is 4.98 Å². The highest BCUT2D eigenvalue weighted by Crippen LogP contribution is 2.31. The van der Waals surface area contributed by atoms with Crippen molar-refractivity contribution in [3.8, 4) is 0 Å². The van der Waals surface area contributed by atoms with E-state index in [2.05, 4.69) is 15.0 Å². The summed E-state index contributed by atoms with van der Waals surface area (Å²) in [6, 6.07) is 0.0780. The zero-order valence-electron chi connectivity index (χ0n) is 15.1. The summed E-state index contributed by atoms with van der Waals surface area (Å²) >= 11 is 0. The predicted molar refractivity (Wildman–Crippen MR) is 97.9 cm³/mol. The number of carbonyl (C=O) groups is 1. The maximum absolute atomic E-state index is 13.0. The summed E-state index contributed by atoms with van der Waals surface area (Å²) < 4.78 is 1.70. The topological polar surface area (TPSA) is 80.5 Å². The number of nitrogens with zero attached hydrogens (tertiary/aromatic N) is 5. The van der Waals surface area contributed by atoms with Crippen LogP contribution in [0.15, 0.2) is 16.0 Å². The van der Waals surface area contributed by atoms with Crippen LogP contribution in [-0.4, -0.2) is 45.7 Å². The van der Waals surface area contributed by atoms with Crippen LogP contribution < -0.4 is 5.56 Å². The van der Waals surface area contributed by atoms with E-state index in [1.54, 1.807) is 28.9 Å². The van der Waals surface area contributed by atoms with Gasteiger partial charge in [0.2, 0.25) is 0 Å². The summed E-state index contributed by atoms with van der Waals surface area (Å²) in [6.45, 7) is 3.22. The Balaban J connectivity index is 2.31. The van der Waals surface area contributed by atoms with Gasteiger partial charge in [-0.05, 0) is 32.3 Å². The molecule has 1 aliphatic carbocycles. The number of aromatic nitrogens is 3. The number of pyridine rings is 1. The van der Waals surface area contributed by atoms with Crippen molar-refractivity contribution < 1.29 is 4.79 Å². The molecule has 1 aliphatic rings. The van der Waals surface area contributed by atoms with Crippen LogP contribution in [0.25, 0.3) is 11.0 Å². The lowest BCUT2D eigenvalue weighted by molar-refractivity contribution is 0.101. The molecule has 132 valence electrons. The van der Waals surface area contributed by atoms with Crippen molar-refractivity contribution in [3.63, 3.8) is 0 Å². The van der Waals surface area contributed by atoms with Crippen LogP contribution >= 0.6 is 0 Å². The Bertz CT molecular complexity index is 908. The van der Waals surface area contributed by atoms with Gasteiger partial charge in [0.15, 0.2) is 5.78 Å². The molecule has 2 aromatic rings. The number of aliphatic imine (C=N–C) groups is 1. The summed E-state index contributed by atoms with van der Waals surface area (Å²) in [6.07, 6.45) is 7.30. The lowest BCUT2D eigenvalue weighted by atomic mass is 10.0. The van der Waals surface area contributed by atoms with E-state index in [1.807, 2.05) is 14.1 Å². The van der Waals surface area contributed by atoms with E-state index < -0.39 is 0 Å². The first-order valence-corrected chi connectivity index (χ1v) is 8.53. The number of carbonyl (C=O) groups excluding carboxylic acids is 1. The smallest absolute Gasteiger partial charge is 0.263 e. The first-order chi connectivity index (χ1) is 11.9. The monoisotopic (exact) mass is 341 g/mol. The minimum absolute atomic E-state index is 0.0780. The predicted octanol–water partition coefficient (Wildman–Crippen LogP) is 2.64. The summed E-state index contributed by atoms with van der Waals surface area (Å²) in [5.41, 5.74) is 1.21. The van der Waals surface area contributed by atoms with Crippen molar-refractivity contribution in [1.82, 2.24) is 19.4 Å². The Kier molecular flexibility index (Phi) is 4.65. The van der Waals surface area contributed by atoms with Crippen molar-refractivity contribution >= 4 is 29.1 Å². The van der Waals surface area contributed by atoms with Crippen LogP contribution in [-0.2, 0) is 0 Å². The number of Topliss-reactive ketones (excluding diaryl/α,β-unsaturated/α-hetero) is 1. The van der Waals surface area contributed by atoms with Gasteiger partial charge in [-0.15, -0.1) is 0 Å². The Morgan fingerprint density at radius 2 is 2.04 bits per heavy atom. The third-order valence-corrected chi connectivity index (χ3v) is 4.64. The second-order valence-corrected chi connectivity index (χ2v) is 6.79. The third kappa shape index (κ3) is 3.18. The molecule has 1 fully saturated rings. The molecule has 1 saturated carbocycles. The fourth-order valence-corrected chi connectivity index (χ4v) is 3.47. The minimum Gasteiger partial charge on any atom is -0.369 e. The van der Waals surface area contributed by atoms with Crippen molar-refractivity contribution in [3.05, 3.63) is 27.7 Å². The van der Waals surface area contributed by atoms with E-state index in [0.29, 0.717) is 17.2 Å². The minimum atomic E-state index is -0.245. The molecule has 0 bridgehead atoms. The summed E-state index contributed by atoms with van der Waals surface area (Å²) in [5.74, 6) is 0.0909. The molecule has 0 unspecified atom stereocenters. The number of ketones is 1. The second kappa shape index (κ2) is 6.74. The largest absolute Gasteiger partial charge is 0.369 e. The van der Waals surface area contributed by atoms with E-state index in [4.69, 9.17) is 0 Å². The Labute approximate surface area is 146 Å². The van der Waals surface area contributed by atoms with Crippen LogP contribution in [0.4, 0.5) is 5.95 Å². The number of aryl methyl sites for hydroxylation is 1.